The maximum atomic E-state index is 10.8. The highest BCUT2D eigenvalue weighted by Gasteiger charge is 2.20. The predicted octanol–water partition coefficient (Wildman–Crippen LogP) is 2.65. The largest absolute Gasteiger partial charge is 0.468 e. The Kier molecular flexibility index (Phi) is 4.21. The number of hydrogen-bond donors (Lipinski definition) is 0. The third kappa shape index (κ3) is 3.54. The van der Waals surface area contributed by atoms with E-state index < -0.39 is 4.92 Å². The van der Waals surface area contributed by atoms with Gasteiger partial charge < -0.3 is 8.83 Å². The molecule has 8 heteroatoms. The summed E-state index contributed by atoms with van der Waals surface area (Å²) >= 11 is 0. The Morgan fingerprint density at radius 1 is 1.12 bits per heavy atom. The maximum absolute atomic E-state index is 10.8. The van der Waals surface area contributed by atoms with E-state index in [0.29, 0.717) is 23.5 Å². The van der Waals surface area contributed by atoms with Gasteiger partial charge in [0.1, 0.15) is 11.3 Å². The molecule has 0 atom stereocenters. The van der Waals surface area contributed by atoms with Gasteiger partial charge in [0.2, 0.25) is 5.89 Å². The van der Waals surface area contributed by atoms with Crippen LogP contribution in [-0.4, -0.2) is 45.9 Å². The Bertz CT molecular complexity index is 866. The molecule has 2 aromatic heterocycles. The molecule has 25 heavy (non-hydrogen) atoms. The van der Waals surface area contributed by atoms with Gasteiger partial charge in [-0.3, -0.25) is 19.9 Å². The summed E-state index contributed by atoms with van der Waals surface area (Å²) < 4.78 is 11.1. The second-order valence-electron chi connectivity index (χ2n) is 6.15. The third-order valence-corrected chi connectivity index (χ3v) is 4.41. The second kappa shape index (κ2) is 6.66. The van der Waals surface area contributed by atoms with Gasteiger partial charge in [0.05, 0.1) is 24.3 Å². The summed E-state index contributed by atoms with van der Waals surface area (Å²) in [6.07, 6.45) is 1.70. The summed E-state index contributed by atoms with van der Waals surface area (Å²) in [4.78, 5) is 19.4. The number of aromatic nitrogens is 1. The topological polar surface area (TPSA) is 88.8 Å². The molecule has 0 saturated carbocycles. The minimum atomic E-state index is -0.425. The Morgan fingerprint density at radius 2 is 1.88 bits per heavy atom. The summed E-state index contributed by atoms with van der Waals surface area (Å²) in [6, 6.07) is 8.38. The van der Waals surface area contributed by atoms with E-state index in [9.17, 15) is 10.1 Å². The molecule has 8 nitrogen and oxygen atoms in total. The molecule has 0 unspecified atom stereocenters. The zero-order valence-electron chi connectivity index (χ0n) is 13.6. The third-order valence-electron chi connectivity index (χ3n) is 4.41. The number of hydrogen-bond acceptors (Lipinski definition) is 7. The van der Waals surface area contributed by atoms with E-state index >= 15 is 0 Å². The molecule has 4 rings (SSSR count). The van der Waals surface area contributed by atoms with Crippen molar-refractivity contribution in [1.82, 2.24) is 14.8 Å². The average Bonchev–Trinajstić information content (AvgIpc) is 3.24. The molecule has 1 aliphatic heterocycles. The Hall–Kier alpha value is -2.71. The predicted molar refractivity (Wildman–Crippen MR) is 89.9 cm³/mol. The van der Waals surface area contributed by atoms with Crippen molar-refractivity contribution in [2.75, 3.05) is 26.2 Å². The van der Waals surface area contributed by atoms with E-state index in [1.165, 1.54) is 12.1 Å². The van der Waals surface area contributed by atoms with E-state index in [1.54, 1.807) is 12.3 Å². The lowest BCUT2D eigenvalue weighted by molar-refractivity contribution is -0.384. The normalized spacial score (nSPS) is 16.5. The highest BCUT2D eigenvalue weighted by Crippen LogP contribution is 2.22. The number of fused-ring (bicyclic) bond motifs is 1. The smallest absolute Gasteiger partial charge is 0.271 e. The zero-order chi connectivity index (χ0) is 17.2. The molecule has 0 bridgehead atoms. The van der Waals surface area contributed by atoms with Gasteiger partial charge in [-0.15, -0.1) is 0 Å². The van der Waals surface area contributed by atoms with Gasteiger partial charge in [-0.2, -0.15) is 0 Å². The van der Waals surface area contributed by atoms with Crippen molar-refractivity contribution >= 4 is 16.8 Å². The van der Waals surface area contributed by atoms with Crippen molar-refractivity contribution < 1.29 is 13.8 Å². The molecule has 0 aliphatic carbocycles. The molecular weight excluding hydrogens is 324 g/mol. The average molecular weight is 342 g/mol. The van der Waals surface area contributed by atoms with Crippen LogP contribution in [-0.2, 0) is 13.1 Å². The standard InChI is InChI=1S/C17H18N4O4/c22-21(23)13-3-4-16-15(10-13)18-17(25-16)12-20-7-5-19(6-8-20)11-14-2-1-9-24-14/h1-4,9-10H,5-8,11-12H2. The van der Waals surface area contributed by atoms with Crippen LogP contribution in [0.4, 0.5) is 5.69 Å². The molecule has 0 spiro atoms. The van der Waals surface area contributed by atoms with Crippen LogP contribution in [0.2, 0.25) is 0 Å². The minimum absolute atomic E-state index is 0.0268. The lowest BCUT2D eigenvalue weighted by Crippen LogP contribution is -2.45. The molecule has 130 valence electrons. The quantitative estimate of drug-likeness (QED) is 0.520. The molecule has 1 fully saturated rings. The fourth-order valence-electron chi connectivity index (χ4n) is 3.06. The summed E-state index contributed by atoms with van der Waals surface area (Å²) in [5.41, 5.74) is 1.14. The molecule has 0 radical (unpaired) electrons. The number of nitrogens with zero attached hydrogens (tertiary/aromatic N) is 4. The lowest BCUT2D eigenvalue weighted by Gasteiger charge is -2.33. The van der Waals surface area contributed by atoms with E-state index in [2.05, 4.69) is 14.8 Å². The van der Waals surface area contributed by atoms with E-state index in [-0.39, 0.29) is 5.69 Å². The fraction of sp³-hybridized carbons (Fsp3) is 0.353. The van der Waals surface area contributed by atoms with Gasteiger partial charge in [0.25, 0.3) is 5.69 Å². The van der Waals surface area contributed by atoms with Crippen LogP contribution in [0.5, 0.6) is 0 Å². The number of piperazine rings is 1. The Balaban J connectivity index is 1.36. The van der Waals surface area contributed by atoms with Crippen LogP contribution in [0.15, 0.2) is 45.4 Å². The molecule has 0 amide bonds. The van der Waals surface area contributed by atoms with Gasteiger partial charge in [-0.25, -0.2) is 4.98 Å². The second-order valence-corrected chi connectivity index (χ2v) is 6.15. The first-order chi connectivity index (χ1) is 12.2. The van der Waals surface area contributed by atoms with E-state index in [1.807, 2.05) is 12.1 Å². The SMILES string of the molecule is O=[N+]([O-])c1ccc2oc(CN3CCN(Cc4ccco4)CC3)nc2c1. The van der Waals surface area contributed by atoms with Crippen molar-refractivity contribution in [2.24, 2.45) is 0 Å². The van der Waals surface area contributed by atoms with Crippen LogP contribution in [0.25, 0.3) is 11.1 Å². The van der Waals surface area contributed by atoms with Gasteiger partial charge in [0.15, 0.2) is 5.58 Å². The summed E-state index contributed by atoms with van der Waals surface area (Å²) in [6.45, 7) is 5.17. The van der Waals surface area contributed by atoms with Crippen molar-refractivity contribution in [3.63, 3.8) is 0 Å². The summed E-state index contributed by atoms with van der Waals surface area (Å²) in [5.74, 6) is 1.57. The summed E-state index contributed by atoms with van der Waals surface area (Å²) in [7, 11) is 0. The van der Waals surface area contributed by atoms with Gasteiger partial charge in [-0.1, -0.05) is 0 Å². The Labute approximate surface area is 143 Å². The minimum Gasteiger partial charge on any atom is -0.468 e. The molecule has 1 saturated heterocycles. The van der Waals surface area contributed by atoms with E-state index in [4.69, 9.17) is 8.83 Å². The van der Waals surface area contributed by atoms with Crippen molar-refractivity contribution in [2.45, 2.75) is 13.1 Å². The van der Waals surface area contributed by atoms with Gasteiger partial charge >= 0.3 is 0 Å². The van der Waals surface area contributed by atoms with Crippen molar-refractivity contribution in [3.05, 3.63) is 58.4 Å². The monoisotopic (exact) mass is 342 g/mol. The Morgan fingerprint density at radius 3 is 2.56 bits per heavy atom. The first kappa shape index (κ1) is 15.8. The van der Waals surface area contributed by atoms with Crippen LogP contribution < -0.4 is 0 Å². The first-order valence-corrected chi connectivity index (χ1v) is 8.18. The zero-order valence-corrected chi connectivity index (χ0v) is 13.6. The highest BCUT2D eigenvalue weighted by molar-refractivity contribution is 5.75. The molecule has 3 heterocycles. The molecule has 1 aromatic carbocycles. The van der Waals surface area contributed by atoms with Gasteiger partial charge in [-0.05, 0) is 18.2 Å². The number of furan rings is 1. The number of non-ortho nitro benzene ring substituents is 1. The van der Waals surface area contributed by atoms with Crippen LogP contribution in [0.1, 0.15) is 11.7 Å². The van der Waals surface area contributed by atoms with Crippen LogP contribution in [0.3, 0.4) is 0 Å². The number of nitro groups is 1. The molecular formula is C17H18N4O4. The highest BCUT2D eigenvalue weighted by atomic mass is 16.6. The van der Waals surface area contributed by atoms with Crippen molar-refractivity contribution in [1.29, 1.82) is 0 Å². The summed E-state index contributed by atoms with van der Waals surface area (Å²) in [5, 5.41) is 10.8. The number of rotatable bonds is 5. The van der Waals surface area contributed by atoms with Crippen molar-refractivity contribution in [3.8, 4) is 0 Å². The first-order valence-electron chi connectivity index (χ1n) is 8.18. The fourth-order valence-corrected chi connectivity index (χ4v) is 3.06. The number of benzene rings is 1. The molecule has 0 N–H and O–H groups in total. The molecule has 3 aromatic rings. The van der Waals surface area contributed by atoms with Crippen LogP contribution >= 0.6 is 0 Å². The van der Waals surface area contributed by atoms with E-state index in [0.717, 1.165) is 38.5 Å². The number of oxazole rings is 1. The van der Waals surface area contributed by atoms with Crippen LogP contribution in [0, 0.1) is 10.1 Å². The lowest BCUT2D eigenvalue weighted by atomic mass is 10.3. The maximum Gasteiger partial charge on any atom is 0.271 e. The molecule has 1 aliphatic rings. The van der Waals surface area contributed by atoms with Gasteiger partial charge in [0, 0.05) is 38.3 Å². The number of nitro benzene ring substituents is 1.